The third-order valence-electron chi connectivity index (χ3n) is 3.20. The maximum atomic E-state index is 11.8. The van der Waals surface area contributed by atoms with Crippen LogP contribution in [0.15, 0.2) is 33.5 Å². The van der Waals surface area contributed by atoms with Crippen LogP contribution in [0.25, 0.3) is 11.1 Å². The first-order valence-corrected chi connectivity index (χ1v) is 7.09. The zero-order chi connectivity index (χ0) is 17.7. The van der Waals surface area contributed by atoms with E-state index in [4.69, 9.17) is 9.15 Å². The summed E-state index contributed by atoms with van der Waals surface area (Å²) in [5.74, 6) is -2.08. The molecule has 1 aromatic heterocycles. The summed E-state index contributed by atoms with van der Waals surface area (Å²) in [7, 11) is 1.10. The van der Waals surface area contributed by atoms with Crippen LogP contribution >= 0.6 is 0 Å². The number of imide groups is 1. The average Bonchev–Trinajstić information content (AvgIpc) is 2.87. The lowest BCUT2D eigenvalue weighted by molar-refractivity contribution is -0.154. The maximum absolute atomic E-state index is 11.8. The molecule has 2 aromatic rings. The molecule has 24 heavy (non-hydrogen) atoms. The first kappa shape index (κ1) is 17.3. The summed E-state index contributed by atoms with van der Waals surface area (Å²) in [5.41, 5.74) is 0.980. The van der Waals surface area contributed by atoms with Crippen LogP contribution in [0.2, 0.25) is 0 Å². The van der Waals surface area contributed by atoms with Gasteiger partial charge in [0.1, 0.15) is 0 Å². The van der Waals surface area contributed by atoms with E-state index in [-0.39, 0.29) is 13.0 Å². The third kappa shape index (κ3) is 4.00. The van der Waals surface area contributed by atoms with Crippen LogP contribution < -0.4 is 11.1 Å². The molecular weight excluding hydrogens is 320 g/mol. The number of esters is 1. The molecule has 0 radical (unpaired) electrons. The smallest absolute Gasteiger partial charge is 0.419 e. The molecule has 9 nitrogen and oxygen atoms in total. The lowest BCUT2D eigenvalue weighted by Gasteiger charge is -2.12. The highest BCUT2D eigenvalue weighted by Crippen LogP contribution is 2.12. The molecule has 2 amide bonds. The van der Waals surface area contributed by atoms with E-state index in [0.717, 1.165) is 7.11 Å². The third-order valence-corrected chi connectivity index (χ3v) is 3.20. The van der Waals surface area contributed by atoms with E-state index in [1.165, 1.54) is 11.5 Å². The zero-order valence-corrected chi connectivity index (χ0v) is 13.1. The van der Waals surface area contributed by atoms with Crippen molar-refractivity contribution in [3.63, 3.8) is 0 Å². The normalized spacial score (nSPS) is 11.8. The minimum absolute atomic E-state index is 0.0417. The molecule has 128 valence electrons. The van der Waals surface area contributed by atoms with Crippen molar-refractivity contribution in [2.75, 3.05) is 7.11 Å². The van der Waals surface area contributed by atoms with Crippen LogP contribution in [0.5, 0.6) is 0 Å². The van der Waals surface area contributed by atoms with Gasteiger partial charge in [-0.05, 0) is 19.1 Å². The fourth-order valence-electron chi connectivity index (χ4n) is 1.99. The predicted molar refractivity (Wildman–Crippen MR) is 81.2 cm³/mol. The Kier molecular flexibility index (Phi) is 5.35. The number of para-hydroxylation sites is 2. The van der Waals surface area contributed by atoms with Gasteiger partial charge in [0.15, 0.2) is 11.7 Å². The summed E-state index contributed by atoms with van der Waals surface area (Å²) in [6.45, 7) is 1.36. The quantitative estimate of drug-likeness (QED) is 0.802. The number of benzene rings is 1. The molecule has 1 aromatic carbocycles. The minimum Gasteiger partial charge on any atom is -0.453 e. The summed E-state index contributed by atoms with van der Waals surface area (Å²) in [6.07, 6.45) is -2.26. The van der Waals surface area contributed by atoms with Crippen molar-refractivity contribution in [1.29, 1.82) is 0 Å². The lowest BCUT2D eigenvalue weighted by Crippen LogP contribution is -2.39. The number of ether oxygens (including phenoxy) is 2. The molecule has 0 saturated heterocycles. The number of aryl methyl sites for hydroxylation is 1. The second-order valence-corrected chi connectivity index (χ2v) is 4.85. The highest BCUT2D eigenvalue weighted by atomic mass is 16.6. The number of carbonyl (C=O) groups is 3. The van der Waals surface area contributed by atoms with Crippen LogP contribution in [0, 0.1) is 0 Å². The van der Waals surface area contributed by atoms with Gasteiger partial charge in [0.05, 0.1) is 19.0 Å². The summed E-state index contributed by atoms with van der Waals surface area (Å²) in [4.78, 5) is 46.0. The van der Waals surface area contributed by atoms with Gasteiger partial charge in [-0.1, -0.05) is 12.1 Å². The highest BCUT2D eigenvalue weighted by molar-refractivity contribution is 5.94. The van der Waals surface area contributed by atoms with Gasteiger partial charge in [-0.15, -0.1) is 0 Å². The number of hydrogen-bond donors (Lipinski definition) is 1. The number of aromatic nitrogens is 1. The van der Waals surface area contributed by atoms with E-state index >= 15 is 0 Å². The molecule has 2 rings (SSSR count). The monoisotopic (exact) mass is 336 g/mol. The number of fused-ring (bicyclic) bond motifs is 1. The van der Waals surface area contributed by atoms with Crippen molar-refractivity contribution in [3.05, 3.63) is 34.8 Å². The Morgan fingerprint density at radius 2 is 2.00 bits per heavy atom. The van der Waals surface area contributed by atoms with E-state index < -0.39 is 29.8 Å². The molecule has 0 aliphatic heterocycles. The number of methoxy groups -OCH3 is 1. The van der Waals surface area contributed by atoms with E-state index in [1.54, 1.807) is 24.3 Å². The predicted octanol–water partition coefficient (Wildman–Crippen LogP) is 0.799. The summed E-state index contributed by atoms with van der Waals surface area (Å²) < 4.78 is 15.5. The molecule has 9 heteroatoms. The Hall–Kier alpha value is -3.10. The van der Waals surface area contributed by atoms with Gasteiger partial charge < -0.3 is 13.9 Å². The van der Waals surface area contributed by atoms with Gasteiger partial charge in [-0.2, -0.15) is 0 Å². The Balaban J connectivity index is 1.93. The van der Waals surface area contributed by atoms with Crippen molar-refractivity contribution in [3.8, 4) is 0 Å². The van der Waals surface area contributed by atoms with Gasteiger partial charge in [-0.25, -0.2) is 9.59 Å². The molecule has 0 aliphatic carbocycles. The van der Waals surface area contributed by atoms with E-state index in [0.29, 0.717) is 11.1 Å². The van der Waals surface area contributed by atoms with Crippen molar-refractivity contribution < 1.29 is 28.3 Å². The van der Waals surface area contributed by atoms with Crippen molar-refractivity contribution >= 4 is 29.1 Å². The van der Waals surface area contributed by atoms with Crippen LogP contribution in [0.3, 0.4) is 0 Å². The number of hydrogen-bond acceptors (Lipinski definition) is 7. The zero-order valence-electron chi connectivity index (χ0n) is 13.1. The Morgan fingerprint density at radius 1 is 1.29 bits per heavy atom. The van der Waals surface area contributed by atoms with Gasteiger partial charge in [0.2, 0.25) is 0 Å². The number of carbonyl (C=O) groups excluding carboxylic acids is 3. The first-order chi connectivity index (χ1) is 11.4. The van der Waals surface area contributed by atoms with Gasteiger partial charge in [0.25, 0.3) is 5.91 Å². The summed E-state index contributed by atoms with van der Waals surface area (Å²) >= 11 is 0. The van der Waals surface area contributed by atoms with Crippen molar-refractivity contribution in [1.82, 2.24) is 9.88 Å². The fraction of sp³-hybridized carbons (Fsp3) is 0.333. The molecule has 1 atom stereocenters. The topological polar surface area (TPSA) is 117 Å². The SMILES string of the molecule is COC(=O)NC(=O)[C@H](C)OC(=O)CCn1c(=O)oc2ccccc21. The molecule has 0 fully saturated rings. The Morgan fingerprint density at radius 3 is 2.71 bits per heavy atom. The first-order valence-electron chi connectivity index (χ1n) is 7.09. The molecular formula is C15H16N2O7. The Bertz CT molecular complexity index is 821. The lowest BCUT2D eigenvalue weighted by atomic mass is 10.3. The molecule has 1 N–H and O–H groups in total. The van der Waals surface area contributed by atoms with Crippen LogP contribution in [-0.2, 0) is 25.6 Å². The van der Waals surface area contributed by atoms with Crippen molar-refractivity contribution in [2.45, 2.75) is 26.0 Å². The second-order valence-electron chi connectivity index (χ2n) is 4.85. The number of alkyl carbamates (subject to hydrolysis) is 1. The van der Waals surface area contributed by atoms with Gasteiger partial charge in [-0.3, -0.25) is 19.5 Å². The number of amides is 2. The summed E-state index contributed by atoms with van der Waals surface area (Å²) in [5, 5.41) is 1.89. The number of rotatable bonds is 5. The van der Waals surface area contributed by atoms with Crippen molar-refractivity contribution in [2.24, 2.45) is 0 Å². The molecule has 0 bridgehead atoms. The minimum atomic E-state index is -1.17. The number of nitrogens with one attached hydrogen (secondary N) is 1. The maximum Gasteiger partial charge on any atom is 0.419 e. The molecule has 0 unspecified atom stereocenters. The van der Waals surface area contributed by atoms with E-state index in [2.05, 4.69) is 4.74 Å². The Labute approximate surface area is 136 Å². The highest BCUT2D eigenvalue weighted by Gasteiger charge is 2.20. The van der Waals surface area contributed by atoms with Crippen LogP contribution in [0.1, 0.15) is 13.3 Å². The van der Waals surface area contributed by atoms with E-state index in [1.807, 2.05) is 5.32 Å². The fourth-order valence-corrected chi connectivity index (χ4v) is 1.99. The van der Waals surface area contributed by atoms with Crippen LogP contribution in [0.4, 0.5) is 4.79 Å². The number of nitrogens with zero attached hydrogens (tertiary/aromatic N) is 1. The van der Waals surface area contributed by atoms with Gasteiger partial charge in [0, 0.05) is 6.54 Å². The van der Waals surface area contributed by atoms with E-state index in [9.17, 15) is 19.2 Å². The number of oxazole rings is 1. The standard InChI is InChI=1S/C15H16N2O7/c1-9(13(19)16-14(20)22-2)23-12(18)7-8-17-10-5-3-4-6-11(10)24-15(17)21/h3-6,9H,7-8H2,1-2H3,(H,16,19,20)/t9-/m0/s1. The van der Waals surface area contributed by atoms with Crippen LogP contribution in [-0.4, -0.2) is 35.8 Å². The average molecular weight is 336 g/mol. The summed E-state index contributed by atoms with van der Waals surface area (Å²) in [6, 6.07) is 6.81. The second kappa shape index (κ2) is 7.44. The van der Waals surface area contributed by atoms with Gasteiger partial charge >= 0.3 is 17.8 Å². The molecule has 0 saturated carbocycles. The molecule has 1 heterocycles. The largest absolute Gasteiger partial charge is 0.453 e. The molecule has 0 spiro atoms. The molecule has 0 aliphatic rings.